The van der Waals surface area contributed by atoms with Gasteiger partial charge in [0.2, 0.25) is 11.9 Å². The maximum absolute atomic E-state index is 13.4. The second kappa shape index (κ2) is 10.9. The average Bonchev–Trinajstić information content (AvgIpc) is 2.91. The Kier molecular flexibility index (Phi) is 7.11. The summed E-state index contributed by atoms with van der Waals surface area (Å²) in [4.78, 5) is 28.5. The summed E-state index contributed by atoms with van der Waals surface area (Å²) in [5.41, 5.74) is 10.6. The Morgan fingerprint density at radius 3 is 2.47 bits per heavy atom. The first kappa shape index (κ1) is 23.4. The van der Waals surface area contributed by atoms with E-state index < -0.39 is 6.04 Å². The molecule has 9 nitrogen and oxygen atoms in total. The van der Waals surface area contributed by atoms with Crippen molar-refractivity contribution in [3.05, 3.63) is 90.9 Å². The number of amides is 1. The molecular formula is C27H27N7O2. The number of nitrogens with two attached hydrogens (primary N) is 1. The summed E-state index contributed by atoms with van der Waals surface area (Å²) in [5.74, 6) is 0.382. The molecular weight excluding hydrogens is 454 g/mol. The van der Waals surface area contributed by atoms with Crippen LogP contribution in [0.1, 0.15) is 11.6 Å². The molecule has 1 aliphatic heterocycles. The van der Waals surface area contributed by atoms with Crippen molar-refractivity contribution < 1.29 is 9.53 Å². The van der Waals surface area contributed by atoms with Gasteiger partial charge in [-0.25, -0.2) is 9.97 Å². The molecule has 1 aliphatic rings. The molecule has 1 fully saturated rings. The fourth-order valence-electron chi connectivity index (χ4n) is 4.17. The summed E-state index contributed by atoms with van der Waals surface area (Å²) >= 11 is 0. The number of nitrogens with zero attached hydrogens (tertiary/aromatic N) is 4. The zero-order chi connectivity index (χ0) is 24.7. The Bertz CT molecular complexity index is 1310. The predicted molar refractivity (Wildman–Crippen MR) is 140 cm³/mol. The second-order valence-corrected chi connectivity index (χ2v) is 8.41. The van der Waals surface area contributed by atoms with Gasteiger partial charge in [-0.05, 0) is 54.1 Å². The fraction of sp³-hybridized carbons (Fsp3) is 0.185. The van der Waals surface area contributed by atoms with Crippen LogP contribution in [0.15, 0.2) is 85.3 Å². The number of benzene rings is 2. The maximum atomic E-state index is 13.4. The van der Waals surface area contributed by atoms with Crippen LogP contribution in [0.5, 0.6) is 0 Å². The number of ether oxygens (including phenoxy) is 1. The highest BCUT2D eigenvalue weighted by molar-refractivity contribution is 5.95. The fourth-order valence-corrected chi connectivity index (χ4v) is 4.17. The van der Waals surface area contributed by atoms with Gasteiger partial charge in [0.15, 0.2) is 0 Å². The molecule has 0 aliphatic carbocycles. The summed E-state index contributed by atoms with van der Waals surface area (Å²) in [5, 5.41) is 6.24. The van der Waals surface area contributed by atoms with Crippen LogP contribution in [-0.4, -0.2) is 52.1 Å². The lowest BCUT2D eigenvalue weighted by Crippen LogP contribution is -2.43. The molecule has 1 amide bonds. The first-order valence-corrected chi connectivity index (χ1v) is 11.7. The Balaban J connectivity index is 1.30. The van der Waals surface area contributed by atoms with E-state index in [1.165, 1.54) is 0 Å². The number of hydrogen-bond donors (Lipinski definition) is 3. The molecule has 2 aromatic heterocycles. The van der Waals surface area contributed by atoms with Crippen molar-refractivity contribution in [1.29, 1.82) is 0 Å². The molecule has 4 aromatic rings. The Morgan fingerprint density at radius 2 is 1.72 bits per heavy atom. The van der Waals surface area contributed by atoms with E-state index in [-0.39, 0.29) is 5.91 Å². The molecule has 3 heterocycles. The molecule has 1 atom stereocenters. The second-order valence-electron chi connectivity index (χ2n) is 8.41. The number of aromatic nitrogens is 3. The van der Waals surface area contributed by atoms with Crippen LogP contribution in [0, 0.1) is 0 Å². The molecule has 182 valence electrons. The van der Waals surface area contributed by atoms with Gasteiger partial charge in [0.1, 0.15) is 6.04 Å². The molecule has 0 bridgehead atoms. The molecule has 5 rings (SSSR count). The SMILES string of the molecule is Nc1cccc(Nc2nccc(-c3ccc(NC(=O)C(c4ccncc4)N4CCOCC4)cc3)n2)c1. The number of nitrogen functional groups attached to an aromatic ring is 1. The van der Waals surface area contributed by atoms with Crippen molar-refractivity contribution in [2.75, 3.05) is 42.7 Å². The maximum Gasteiger partial charge on any atom is 0.246 e. The van der Waals surface area contributed by atoms with E-state index in [4.69, 9.17) is 10.5 Å². The molecule has 9 heteroatoms. The quantitative estimate of drug-likeness (QED) is 0.341. The number of anilines is 4. The van der Waals surface area contributed by atoms with Crippen LogP contribution in [0.4, 0.5) is 23.0 Å². The lowest BCUT2D eigenvalue weighted by atomic mass is 10.0. The minimum atomic E-state index is -0.418. The minimum absolute atomic E-state index is 0.0912. The van der Waals surface area contributed by atoms with E-state index in [1.54, 1.807) is 18.6 Å². The highest BCUT2D eigenvalue weighted by atomic mass is 16.5. The van der Waals surface area contributed by atoms with Crippen LogP contribution >= 0.6 is 0 Å². The summed E-state index contributed by atoms with van der Waals surface area (Å²) < 4.78 is 5.48. The molecule has 1 unspecified atom stereocenters. The standard InChI is InChI=1S/C27H27N7O2/c28-21-2-1-3-23(18-21)32-27-30-13-10-24(33-27)19-4-6-22(7-5-19)31-26(35)25(20-8-11-29-12-9-20)34-14-16-36-17-15-34/h1-13,18,25H,14-17,28H2,(H,31,35)(H,30,32,33). The van der Waals surface area contributed by atoms with Gasteiger partial charge in [-0.3, -0.25) is 14.7 Å². The summed E-state index contributed by atoms with van der Waals surface area (Å²) in [6.45, 7) is 2.60. The molecule has 0 radical (unpaired) electrons. The van der Waals surface area contributed by atoms with Crippen LogP contribution in [-0.2, 0) is 9.53 Å². The third-order valence-corrected chi connectivity index (χ3v) is 5.93. The smallest absolute Gasteiger partial charge is 0.246 e. The van der Waals surface area contributed by atoms with Gasteiger partial charge >= 0.3 is 0 Å². The van der Waals surface area contributed by atoms with Gasteiger partial charge in [0, 0.05) is 54.3 Å². The highest BCUT2D eigenvalue weighted by Crippen LogP contribution is 2.25. The first-order valence-electron chi connectivity index (χ1n) is 11.7. The van der Waals surface area contributed by atoms with Gasteiger partial charge < -0.3 is 21.1 Å². The number of morpholine rings is 1. The Labute approximate surface area is 209 Å². The van der Waals surface area contributed by atoms with Crippen LogP contribution in [0.2, 0.25) is 0 Å². The number of carbonyl (C=O) groups is 1. The predicted octanol–water partition coefficient (Wildman–Crippen LogP) is 3.88. The summed E-state index contributed by atoms with van der Waals surface area (Å²) in [7, 11) is 0. The lowest BCUT2D eigenvalue weighted by Gasteiger charge is -2.33. The van der Waals surface area contributed by atoms with Crippen molar-refractivity contribution in [3.8, 4) is 11.3 Å². The number of nitrogens with one attached hydrogen (secondary N) is 2. The number of rotatable bonds is 7. The van der Waals surface area contributed by atoms with Crippen molar-refractivity contribution in [2.24, 2.45) is 0 Å². The van der Waals surface area contributed by atoms with Gasteiger partial charge in [0.25, 0.3) is 0 Å². The molecule has 36 heavy (non-hydrogen) atoms. The number of pyridine rings is 1. The van der Waals surface area contributed by atoms with Crippen molar-refractivity contribution >= 4 is 28.9 Å². The largest absolute Gasteiger partial charge is 0.399 e. The monoisotopic (exact) mass is 481 g/mol. The molecule has 4 N–H and O–H groups in total. The van der Waals surface area contributed by atoms with E-state index >= 15 is 0 Å². The third kappa shape index (κ3) is 5.65. The van der Waals surface area contributed by atoms with Gasteiger partial charge in [-0.15, -0.1) is 0 Å². The van der Waals surface area contributed by atoms with Crippen molar-refractivity contribution in [1.82, 2.24) is 19.9 Å². The van der Waals surface area contributed by atoms with E-state index in [0.717, 1.165) is 22.5 Å². The number of hydrogen-bond acceptors (Lipinski definition) is 8. The number of carbonyl (C=O) groups excluding carboxylic acids is 1. The van der Waals surface area contributed by atoms with Crippen LogP contribution < -0.4 is 16.4 Å². The lowest BCUT2D eigenvalue weighted by molar-refractivity contribution is -0.123. The van der Waals surface area contributed by atoms with Crippen molar-refractivity contribution in [2.45, 2.75) is 6.04 Å². The van der Waals surface area contributed by atoms with Gasteiger partial charge in [-0.2, -0.15) is 0 Å². The van der Waals surface area contributed by atoms with Crippen LogP contribution in [0.3, 0.4) is 0 Å². The molecule has 2 aromatic carbocycles. The minimum Gasteiger partial charge on any atom is -0.399 e. The average molecular weight is 482 g/mol. The van der Waals surface area contributed by atoms with Crippen LogP contribution in [0.25, 0.3) is 11.3 Å². The Morgan fingerprint density at radius 1 is 0.944 bits per heavy atom. The van der Waals surface area contributed by atoms with Gasteiger partial charge in [-0.1, -0.05) is 18.2 Å². The van der Waals surface area contributed by atoms with Gasteiger partial charge in [0.05, 0.1) is 18.9 Å². The molecule has 1 saturated heterocycles. The van der Waals surface area contributed by atoms with E-state index in [2.05, 4.69) is 30.5 Å². The highest BCUT2D eigenvalue weighted by Gasteiger charge is 2.29. The van der Waals surface area contributed by atoms with Crippen molar-refractivity contribution in [3.63, 3.8) is 0 Å². The Hall–Kier alpha value is -4.34. The summed E-state index contributed by atoms with van der Waals surface area (Å²) in [6, 6.07) is 20.2. The van der Waals surface area contributed by atoms with E-state index in [1.807, 2.05) is 66.7 Å². The third-order valence-electron chi connectivity index (χ3n) is 5.93. The molecule has 0 saturated carbocycles. The zero-order valence-corrected chi connectivity index (χ0v) is 19.7. The normalized spacial score (nSPS) is 14.7. The molecule has 0 spiro atoms. The van der Waals surface area contributed by atoms with E-state index in [0.29, 0.717) is 43.6 Å². The topological polar surface area (TPSA) is 118 Å². The first-order chi connectivity index (χ1) is 17.7. The summed E-state index contributed by atoms with van der Waals surface area (Å²) in [6.07, 6.45) is 5.12. The van der Waals surface area contributed by atoms with E-state index in [9.17, 15) is 4.79 Å². The zero-order valence-electron chi connectivity index (χ0n) is 19.7.